The average Bonchev–Trinajstić information content (AvgIpc) is 3.55. The maximum absolute atomic E-state index is 13.1. The molecule has 232 valence electrons. The van der Waals surface area contributed by atoms with E-state index in [9.17, 15) is 13.2 Å². The van der Waals surface area contributed by atoms with Gasteiger partial charge in [0, 0.05) is 87.7 Å². The van der Waals surface area contributed by atoms with Gasteiger partial charge in [0.1, 0.15) is 0 Å². The topological polar surface area (TPSA) is 70.3 Å². The molecule has 2 aromatic carbocycles. The molecule has 6 rings (SSSR count). The van der Waals surface area contributed by atoms with Crippen LogP contribution < -0.4 is 15.1 Å². The van der Waals surface area contributed by atoms with E-state index in [0.29, 0.717) is 24.2 Å². The molecule has 44 heavy (non-hydrogen) atoms. The number of pyridine rings is 1. The Balaban J connectivity index is 1.23. The number of nitrogens with zero attached hydrogens (tertiary/aromatic N) is 6. The number of benzene rings is 2. The lowest BCUT2D eigenvalue weighted by Gasteiger charge is -2.48. The molecule has 0 aliphatic carbocycles. The number of hydrogen-bond acceptors (Lipinski definition) is 7. The van der Waals surface area contributed by atoms with Crippen molar-refractivity contribution in [2.75, 3.05) is 50.1 Å². The zero-order chi connectivity index (χ0) is 30.7. The number of hydrogen-bond donors (Lipinski definition) is 1. The number of halogens is 3. The maximum Gasteiger partial charge on any atom is 0.416 e. The zero-order valence-corrected chi connectivity index (χ0v) is 25.2. The summed E-state index contributed by atoms with van der Waals surface area (Å²) in [5.74, 6) is 0.208. The summed E-state index contributed by atoms with van der Waals surface area (Å²) in [5, 5.41) is 12.1. The first-order valence-corrected chi connectivity index (χ1v) is 15.2. The van der Waals surface area contributed by atoms with E-state index in [4.69, 9.17) is 4.42 Å². The van der Waals surface area contributed by atoms with E-state index >= 15 is 0 Å². The van der Waals surface area contributed by atoms with Crippen LogP contribution in [0.2, 0.25) is 0 Å². The number of alkyl halides is 3. The molecule has 0 amide bonds. The van der Waals surface area contributed by atoms with Crippen LogP contribution in [0.3, 0.4) is 0 Å². The van der Waals surface area contributed by atoms with Gasteiger partial charge in [0.2, 0.25) is 5.89 Å². The number of aromatic nitrogens is 3. The van der Waals surface area contributed by atoms with Gasteiger partial charge in [0.25, 0.3) is 0 Å². The first-order valence-electron chi connectivity index (χ1n) is 15.2. The van der Waals surface area contributed by atoms with Crippen LogP contribution in [0.25, 0.3) is 11.5 Å². The van der Waals surface area contributed by atoms with Gasteiger partial charge >= 0.3 is 12.2 Å². The Hall–Kier alpha value is -3.96. The summed E-state index contributed by atoms with van der Waals surface area (Å²) >= 11 is 0. The Morgan fingerprint density at radius 2 is 1.50 bits per heavy atom. The van der Waals surface area contributed by atoms with E-state index in [2.05, 4.69) is 61.6 Å². The van der Waals surface area contributed by atoms with E-state index in [1.54, 1.807) is 12.4 Å². The van der Waals surface area contributed by atoms with Crippen LogP contribution in [0.5, 0.6) is 0 Å². The highest BCUT2D eigenvalue weighted by Gasteiger charge is 2.40. The molecule has 0 unspecified atom stereocenters. The summed E-state index contributed by atoms with van der Waals surface area (Å²) in [6.07, 6.45) is 3.53. The Kier molecular flexibility index (Phi) is 8.59. The van der Waals surface area contributed by atoms with Gasteiger partial charge in [-0.2, -0.15) is 13.2 Å². The molecule has 0 spiro atoms. The molecule has 4 aromatic rings. The van der Waals surface area contributed by atoms with E-state index in [1.807, 2.05) is 19.2 Å². The first kappa shape index (κ1) is 30.1. The van der Waals surface area contributed by atoms with Crippen molar-refractivity contribution in [2.24, 2.45) is 0 Å². The van der Waals surface area contributed by atoms with Gasteiger partial charge < -0.3 is 24.0 Å². The quantitative estimate of drug-likeness (QED) is 0.237. The van der Waals surface area contributed by atoms with Crippen molar-refractivity contribution in [3.8, 4) is 11.5 Å². The molecule has 0 saturated carbocycles. The lowest BCUT2D eigenvalue weighted by atomic mass is 9.94. The Morgan fingerprint density at radius 3 is 2.14 bits per heavy atom. The molecular formula is C33H39F3N7O+. The third kappa shape index (κ3) is 6.58. The SMILES string of the molecule is CN(c1ccncc1)c1ccc(CN(c2nnc(-c3ccc(C(F)(F)F)cc3)o2)C2CC[N+](C)(C3CCNCC3)CC2)cc1. The predicted molar refractivity (Wildman–Crippen MR) is 164 cm³/mol. The van der Waals surface area contributed by atoms with Gasteiger partial charge in [-0.1, -0.05) is 17.2 Å². The first-order chi connectivity index (χ1) is 21.2. The average molecular weight is 607 g/mol. The molecule has 2 fully saturated rings. The summed E-state index contributed by atoms with van der Waals surface area (Å²) in [6.45, 7) is 4.88. The maximum atomic E-state index is 13.1. The molecule has 0 bridgehead atoms. The molecule has 2 saturated heterocycles. The summed E-state index contributed by atoms with van der Waals surface area (Å²) in [5.41, 5.74) is 2.96. The van der Waals surface area contributed by atoms with Gasteiger partial charge in [0.15, 0.2) is 0 Å². The largest absolute Gasteiger partial charge is 0.416 e. The standard InChI is InChI=1S/C33H39F3N7O/c1-41(28-11-17-37-18-12-28)27-9-3-24(4-10-27)23-42(29-15-21-43(2,22-16-29)30-13-19-38-20-14-30)32-40-39-31(44-32)25-5-7-26(8-6-25)33(34,35)36/h3-12,17-18,29-30,38H,13-16,19-23H2,1-2H3/q+1. The van der Waals surface area contributed by atoms with Gasteiger partial charge in [-0.3, -0.25) is 4.98 Å². The third-order valence-corrected chi connectivity index (χ3v) is 9.42. The highest BCUT2D eigenvalue weighted by molar-refractivity contribution is 5.62. The monoisotopic (exact) mass is 606 g/mol. The molecule has 11 heteroatoms. The van der Waals surface area contributed by atoms with Crippen LogP contribution >= 0.6 is 0 Å². The van der Waals surface area contributed by atoms with E-state index < -0.39 is 11.7 Å². The number of rotatable bonds is 8. The minimum atomic E-state index is -4.40. The highest BCUT2D eigenvalue weighted by atomic mass is 19.4. The number of anilines is 3. The van der Waals surface area contributed by atoms with Crippen molar-refractivity contribution in [3.05, 3.63) is 84.2 Å². The molecule has 2 aliphatic rings. The van der Waals surface area contributed by atoms with Crippen molar-refractivity contribution in [3.63, 3.8) is 0 Å². The van der Waals surface area contributed by atoms with Gasteiger partial charge in [-0.15, -0.1) is 5.10 Å². The van der Waals surface area contributed by atoms with Crippen LogP contribution in [0.15, 0.2) is 77.5 Å². The van der Waals surface area contributed by atoms with Crippen molar-refractivity contribution in [1.29, 1.82) is 0 Å². The molecule has 2 aliphatic heterocycles. The summed E-state index contributed by atoms with van der Waals surface area (Å²) in [4.78, 5) is 8.41. The van der Waals surface area contributed by atoms with Crippen LogP contribution in [0, 0.1) is 0 Å². The normalized spacial score (nSPS) is 21.2. The molecule has 4 heterocycles. The second-order valence-corrected chi connectivity index (χ2v) is 12.2. The van der Waals surface area contributed by atoms with E-state index in [-0.39, 0.29) is 11.9 Å². The minimum absolute atomic E-state index is 0.197. The van der Waals surface area contributed by atoms with Crippen LogP contribution in [-0.4, -0.2) is 72.0 Å². The van der Waals surface area contributed by atoms with Gasteiger partial charge in [0.05, 0.1) is 31.7 Å². The Labute approximate surface area is 256 Å². The minimum Gasteiger partial charge on any atom is -0.403 e. The van der Waals surface area contributed by atoms with Crippen molar-refractivity contribution < 1.29 is 22.1 Å². The fraction of sp³-hybridized carbons (Fsp3) is 0.424. The summed E-state index contributed by atoms with van der Waals surface area (Å²) < 4.78 is 46.6. The Bertz CT molecular complexity index is 1500. The third-order valence-electron chi connectivity index (χ3n) is 9.42. The second-order valence-electron chi connectivity index (χ2n) is 12.2. The van der Waals surface area contributed by atoms with E-state index in [0.717, 1.165) is 72.6 Å². The summed E-state index contributed by atoms with van der Waals surface area (Å²) in [6, 6.07) is 18.5. The van der Waals surface area contributed by atoms with Crippen LogP contribution in [-0.2, 0) is 12.7 Å². The lowest BCUT2D eigenvalue weighted by Crippen LogP contribution is -2.61. The molecular weight excluding hydrogens is 567 g/mol. The second kappa shape index (κ2) is 12.6. The number of piperidine rings is 2. The summed E-state index contributed by atoms with van der Waals surface area (Å²) in [7, 11) is 4.42. The van der Waals surface area contributed by atoms with Gasteiger partial charge in [-0.05, 0) is 54.1 Å². The molecule has 0 atom stereocenters. The smallest absolute Gasteiger partial charge is 0.403 e. The van der Waals surface area contributed by atoms with Crippen molar-refractivity contribution in [2.45, 2.75) is 50.5 Å². The molecule has 2 aromatic heterocycles. The molecule has 8 nitrogen and oxygen atoms in total. The predicted octanol–water partition coefficient (Wildman–Crippen LogP) is 6.29. The van der Waals surface area contributed by atoms with Crippen LogP contribution in [0.1, 0.15) is 36.8 Å². The Morgan fingerprint density at radius 1 is 0.864 bits per heavy atom. The highest BCUT2D eigenvalue weighted by Crippen LogP contribution is 2.34. The van der Waals surface area contributed by atoms with Crippen LogP contribution in [0.4, 0.5) is 30.6 Å². The van der Waals surface area contributed by atoms with Gasteiger partial charge in [-0.25, -0.2) is 0 Å². The lowest BCUT2D eigenvalue weighted by molar-refractivity contribution is -0.938. The molecule has 0 radical (unpaired) electrons. The fourth-order valence-electron chi connectivity index (χ4n) is 6.59. The van der Waals surface area contributed by atoms with Crippen molar-refractivity contribution >= 4 is 17.4 Å². The zero-order valence-electron chi connectivity index (χ0n) is 25.2. The van der Waals surface area contributed by atoms with Crippen molar-refractivity contribution in [1.82, 2.24) is 20.5 Å². The van der Waals surface area contributed by atoms with E-state index in [1.165, 1.54) is 25.0 Å². The number of quaternary nitrogens is 1. The number of nitrogens with one attached hydrogen (secondary N) is 1. The number of likely N-dealkylation sites (tertiary alicyclic amines) is 1. The fourth-order valence-corrected chi connectivity index (χ4v) is 6.59. The molecule has 1 N–H and O–H groups in total.